The molecule has 2 heteroatoms. The van der Waals surface area contributed by atoms with E-state index in [1.807, 2.05) is 38.1 Å². The maximum Gasteiger partial charge on any atom is 0.293 e. The smallest absolute Gasteiger partial charge is 0.293 e. The Labute approximate surface area is 72.2 Å². The topological polar surface area (TPSA) is 26.3 Å². The summed E-state index contributed by atoms with van der Waals surface area (Å²) < 4.78 is 4.80. The number of benzene rings is 1. The van der Waals surface area contributed by atoms with E-state index in [0.717, 1.165) is 5.56 Å². The molecule has 1 aromatic rings. The molecule has 1 aromatic carbocycles. The van der Waals surface area contributed by atoms with Crippen molar-refractivity contribution in [3.8, 4) is 0 Å². The zero-order chi connectivity index (χ0) is 8.97. The predicted octanol–water partition coefficient (Wildman–Crippen LogP) is 2.23. The Morgan fingerprint density at radius 2 is 2.25 bits per heavy atom. The molecule has 2 nitrogen and oxygen atoms in total. The van der Waals surface area contributed by atoms with Crippen molar-refractivity contribution in [1.82, 2.24) is 0 Å². The van der Waals surface area contributed by atoms with Crippen LogP contribution in [0.1, 0.15) is 24.2 Å². The summed E-state index contributed by atoms with van der Waals surface area (Å²) in [5.41, 5.74) is 2.20. The van der Waals surface area contributed by atoms with Gasteiger partial charge < -0.3 is 4.74 Å². The first-order valence-electron chi connectivity index (χ1n) is 3.89. The van der Waals surface area contributed by atoms with Crippen LogP contribution in [-0.2, 0) is 9.53 Å². The standard InChI is InChI=1S/C10H12O2/c1-8-4-3-5-10(6-8)9(2)12-7-11/h3-7,9H,1-2H3. The highest BCUT2D eigenvalue weighted by Gasteiger charge is 2.03. The summed E-state index contributed by atoms with van der Waals surface area (Å²) in [4.78, 5) is 10.1. The first kappa shape index (κ1) is 8.78. The average Bonchev–Trinajstić information content (AvgIpc) is 2.05. The van der Waals surface area contributed by atoms with Crippen molar-refractivity contribution < 1.29 is 9.53 Å². The highest BCUT2D eigenvalue weighted by atomic mass is 16.5. The Morgan fingerprint density at radius 1 is 1.50 bits per heavy atom. The van der Waals surface area contributed by atoms with E-state index in [0.29, 0.717) is 6.47 Å². The van der Waals surface area contributed by atoms with E-state index in [1.165, 1.54) is 5.56 Å². The molecule has 0 bridgehead atoms. The third-order valence-corrected chi connectivity index (χ3v) is 1.77. The van der Waals surface area contributed by atoms with Crippen molar-refractivity contribution >= 4 is 6.47 Å². The molecule has 0 aromatic heterocycles. The Bertz CT molecular complexity index is 268. The van der Waals surface area contributed by atoms with E-state index in [9.17, 15) is 4.79 Å². The van der Waals surface area contributed by atoms with Crippen LogP contribution in [0.4, 0.5) is 0 Å². The van der Waals surface area contributed by atoms with Gasteiger partial charge in [0, 0.05) is 0 Å². The summed E-state index contributed by atoms with van der Waals surface area (Å²) >= 11 is 0. The van der Waals surface area contributed by atoms with Gasteiger partial charge in [-0.3, -0.25) is 4.79 Å². The van der Waals surface area contributed by atoms with Gasteiger partial charge in [0.15, 0.2) is 0 Å². The van der Waals surface area contributed by atoms with E-state index in [4.69, 9.17) is 4.74 Å². The van der Waals surface area contributed by atoms with E-state index < -0.39 is 0 Å². The van der Waals surface area contributed by atoms with Crippen LogP contribution in [0.15, 0.2) is 24.3 Å². The van der Waals surface area contributed by atoms with Crippen LogP contribution in [0.25, 0.3) is 0 Å². The second-order valence-electron chi connectivity index (χ2n) is 2.79. The van der Waals surface area contributed by atoms with Crippen LogP contribution in [0, 0.1) is 6.92 Å². The maximum atomic E-state index is 10.1. The van der Waals surface area contributed by atoms with Crippen LogP contribution < -0.4 is 0 Å². The van der Waals surface area contributed by atoms with Crippen molar-refractivity contribution in [2.45, 2.75) is 20.0 Å². The van der Waals surface area contributed by atoms with Gasteiger partial charge in [-0.2, -0.15) is 0 Å². The van der Waals surface area contributed by atoms with Crippen LogP contribution in [-0.4, -0.2) is 6.47 Å². The third-order valence-electron chi connectivity index (χ3n) is 1.77. The molecule has 0 aliphatic carbocycles. The molecule has 0 N–H and O–H groups in total. The number of ether oxygens (including phenoxy) is 1. The fourth-order valence-electron chi connectivity index (χ4n) is 1.08. The maximum absolute atomic E-state index is 10.1. The van der Waals surface area contributed by atoms with Gasteiger partial charge in [-0.1, -0.05) is 29.8 Å². The molecule has 0 saturated carbocycles. The Balaban J connectivity index is 2.80. The van der Waals surface area contributed by atoms with Crippen molar-refractivity contribution in [2.75, 3.05) is 0 Å². The Hall–Kier alpha value is -1.31. The van der Waals surface area contributed by atoms with Crippen molar-refractivity contribution in [3.63, 3.8) is 0 Å². The highest BCUT2D eigenvalue weighted by molar-refractivity contribution is 5.38. The molecule has 1 unspecified atom stereocenters. The molecule has 1 rings (SSSR count). The normalized spacial score (nSPS) is 12.2. The molecule has 0 fully saturated rings. The molecule has 0 spiro atoms. The lowest BCUT2D eigenvalue weighted by atomic mass is 10.1. The number of carbonyl (C=O) groups excluding carboxylic acids is 1. The first-order chi connectivity index (χ1) is 5.74. The summed E-state index contributed by atoms with van der Waals surface area (Å²) in [5.74, 6) is 0. The van der Waals surface area contributed by atoms with E-state index in [1.54, 1.807) is 0 Å². The predicted molar refractivity (Wildman–Crippen MR) is 46.7 cm³/mol. The summed E-state index contributed by atoms with van der Waals surface area (Å²) in [6, 6.07) is 7.92. The minimum absolute atomic E-state index is 0.151. The monoisotopic (exact) mass is 164 g/mol. The van der Waals surface area contributed by atoms with Crippen LogP contribution in [0.5, 0.6) is 0 Å². The van der Waals surface area contributed by atoms with E-state index in [2.05, 4.69) is 0 Å². The summed E-state index contributed by atoms with van der Waals surface area (Å²) in [5, 5.41) is 0. The molecular formula is C10H12O2. The second-order valence-corrected chi connectivity index (χ2v) is 2.79. The number of carbonyl (C=O) groups is 1. The van der Waals surface area contributed by atoms with Gasteiger partial charge in [0.1, 0.15) is 6.10 Å². The number of hydrogen-bond acceptors (Lipinski definition) is 2. The molecule has 0 amide bonds. The van der Waals surface area contributed by atoms with Crippen LogP contribution in [0.2, 0.25) is 0 Å². The summed E-state index contributed by atoms with van der Waals surface area (Å²) in [6.07, 6.45) is -0.151. The summed E-state index contributed by atoms with van der Waals surface area (Å²) in [7, 11) is 0. The number of rotatable bonds is 3. The van der Waals surface area contributed by atoms with Gasteiger partial charge in [-0.25, -0.2) is 0 Å². The zero-order valence-electron chi connectivity index (χ0n) is 7.28. The van der Waals surface area contributed by atoms with E-state index in [-0.39, 0.29) is 6.10 Å². The van der Waals surface area contributed by atoms with Gasteiger partial charge in [0.2, 0.25) is 0 Å². The second kappa shape index (κ2) is 3.90. The molecule has 0 aliphatic heterocycles. The quantitative estimate of drug-likeness (QED) is 0.640. The molecular weight excluding hydrogens is 152 g/mol. The Kier molecular flexibility index (Phi) is 2.86. The van der Waals surface area contributed by atoms with Crippen LogP contribution in [0.3, 0.4) is 0 Å². The van der Waals surface area contributed by atoms with E-state index >= 15 is 0 Å². The Morgan fingerprint density at radius 3 is 2.83 bits per heavy atom. The molecule has 0 aliphatic rings. The van der Waals surface area contributed by atoms with Gasteiger partial charge in [-0.15, -0.1) is 0 Å². The number of hydrogen-bond donors (Lipinski definition) is 0. The number of aryl methyl sites for hydroxylation is 1. The van der Waals surface area contributed by atoms with Gasteiger partial charge in [0.05, 0.1) is 0 Å². The zero-order valence-corrected chi connectivity index (χ0v) is 7.28. The molecule has 12 heavy (non-hydrogen) atoms. The minimum Gasteiger partial charge on any atom is -0.460 e. The molecule has 64 valence electrons. The van der Waals surface area contributed by atoms with Gasteiger partial charge in [0.25, 0.3) is 6.47 Å². The summed E-state index contributed by atoms with van der Waals surface area (Å²) in [6.45, 7) is 4.34. The fraction of sp³-hybridized carbons (Fsp3) is 0.300. The van der Waals surface area contributed by atoms with Gasteiger partial charge >= 0.3 is 0 Å². The molecule has 1 atom stereocenters. The molecule has 0 radical (unpaired) electrons. The van der Waals surface area contributed by atoms with Crippen molar-refractivity contribution in [2.24, 2.45) is 0 Å². The van der Waals surface area contributed by atoms with Crippen molar-refractivity contribution in [3.05, 3.63) is 35.4 Å². The van der Waals surface area contributed by atoms with Crippen molar-refractivity contribution in [1.29, 1.82) is 0 Å². The van der Waals surface area contributed by atoms with Crippen LogP contribution >= 0.6 is 0 Å². The fourth-order valence-corrected chi connectivity index (χ4v) is 1.08. The third kappa shape index (κ3) is 2.09. The lowest BCUT2D eigenvalue weighted by Crippen LogP contribution is -1.97. The molecule has 0 saturated heterocycles. The highest BCUT2D eigenvalue weighted by Crippen LogP contribution is 2.16. The lowest BCUT2D eigenvalue weighted by molar-refractivity contribution is -0.133. The SMILES string of the molecule is Cc1cccc(C(C)OC=O)c1. The average molecular weight is 164 g/mol. The first-order valence-corrected chi connectivity index (χ1v) is 3.89. The lowest BCUT2D eigenvalue weighted by Gasteiger charge is -2.09. The largest absolute Gasteiger partial charge is 0.460 e. The molecule has 0 heterocycles. The minimum atomic E-state index is -0.151. The van der Waals surface area contributed by atoms with Gasteiger partial charge in [-0.05, 0) is 19.4 Å².